The first kappa shape index (κ1) is 12.2. The lowest BCUT2D eigenvalue weighted by atomic mass is 9.94. The molecule has 1 aliphatic heterocycles. The third-order valence-electron chi connectivity index (χ3n) is 3.71. The van der Waals surface area contributed by atoms with Gasteiger partial charge in [-0.15, -0.1) is 22.9 Å². The van der Waals surface area contributed by atoms with Crippen molar-refractivity contribution < 1.29 is 0 Å². The van der Waals surface area contributed by atoms with Crippen LogP contribution in [0, 0.1) is 5.92 Å². The molecule has 0 saturated carbocycles. The molecule has 1 aliphatic rings. The van der Waals surface area contributed by atoms with Crippen LogP contribution in [0.4, 0.5) is 5.82 Å². The first-order valence-electron chi connectivity index (χ1n) is 6.33. The van der Waals surface area contributed by atoms with E-state index in [0.717, 1.165) is 37.3 Å². The number of nitrogens with zero attached hydrogens (tertiary/aromatic N) is 3. The summed E-state index contributed by atoms with van der Waals surface area (Å²) in [6, 6.07) is 2.05. The van der Waals surface area contributed by atoms with Gasteiger partial charge in [0.25, 0.3) is 0 Å². The Morgan fingerprint density at radius 2 is 2.17 bits per heavy atom. The van der Waals surface area contributed by atoms with Crippen molar-refractivity contribution in [3.8, 4) is 0 Å². The van der Waals surface area contributed by atoms with Crippen LogP contribution in [0.1, 0.15) is 19.8 Å². The van der Waals surface area contributed by atoms with Gasteiger partial charge in [0, 0.05) is 18.5 Å². The highest BCUT2D eigenvalue weighted by molar-refractivity contribution is 7.17. The summed E-state index contributed by atoms with van der Waals surface area (Å²) >= 11 is 7.91. The largest absolute Gasteiger partial charge is 0.355 e. The number of piperidine rings is 1. The van der Waals surface area contributed by atoms with Crippen molar-refractivity contribution in [2.75, 3.05) is 18.0 Å². The molecular formula is C13H16ClN3S. The molecule has 3 heterocycles. The summed E-state index contributed by atoms with van der Waals surface area (Å²) in [5, 5.41) is 2.36. The van der Waals surface area contributed by atoms with Gasteiger partial charge in [-0.3, -0.25) is 0 Å². The fourth-order valence-corrected chi connectivity index (χ4v) is 3.69. The van der Waals surface area contributed by atoms with Gasteiger partial charge in [-0.25, -0.2) is 9.97 Å². The minimum Gasteiger partial charge on any atom is -0.355 e. The molecule has 96 valence electrons. The van der Waals surface area contributed by atoms with Crippen molar-refractivity contribution in [3.63, 3.8) is 0 Å². The van der Waals surface area contributed by atoms with Gasteiger partial charge in [-0.05, 0) is 37.1 Å². The SMILES string of the molecule is CC(Cl)C1CCN(c2ncnc3ccsc23)CC1. The summed E-state index contributed by atoms with van der Waals surface area (Å²) in [4.78, 5) is 11.1. The third-order valence-corrected chi connectivity index (χ3v) is 4.97. The Bertz CT molecular complexity index is 532. The van der Waals surface area contributed by atoms with E-state index in [1.807, 2.05) is 0 Å². The Labute approximate surface area is 116 Å². The standard InChI is InChI=1S/C13H16ClN3S/c1-9(14)10-2-5-17(6-3-10)13-12-11(4-7-18-12)15-8-16-13/h4,7-10H,2-3,5-6H2,1H3. The molecule has 0 aromatic carbocycles. The van der Waals surface area contributed by atoms with Crippen molar-refractivity contribution in [2.45, 2.75) is 25.1 Å². The molecule has 3 nitrogen and oxygen atoms in total. The second-order valence-electron chi connectivity index (χ2n) is 4.83. The minimum atomic E-state index is 0.277. The van der Waals surface area contributed by atoms with E-state index in [0.29, 0.717) is 5.92 Å². The van der Waals surface area contributed by atoms with Crippen molar-refractivity contribution in [2.24, 2.45) is 5.92 Å². The maximum Gasteiger partial charge on any atom is 0.150 e. The predicted octanol–water partition coefficient (Wildman–Crippen LogP) is 3.54. The van der Waals surface area contributed by atoms with Crippen molar-refractivity contribution in [1.82, 2.24) is 9.97 Å². The van der Waals surface area contributed by atoms with Crippen LogP contribution in [0.2, 0.25) is 0 Å². The molecule has 1 atom stereocenters. The number of hydrogen-bond acceptors (Lipinski definition) is 4. The van der Waals surface area contributed by atoms with Crippen molar-refractivity contribution in [1.29, 1.82) is 0 Å². The number of halogens is 1. The average Bonchev–Trinajstić information content (AvgIpc) is 2.87. The molecular weight excluding hydrogens is 266 g/mol. The first-order valence-corrected chi connectivity index (χ1v) is 7.64. The summed E-state index contributed by atoms with van der Waals surface area (Å²) in [7, 11) is 0. The lowest BCUT2D eigenvalue weighted by Crippen LogP contribution is -2.36. The highest BCUT2D eigenvalue weighted by atomic mass is 35.5. The lowest BCUT2D eigenvalue weighted by Gasteiger charge is -2.33. The van der Waals surface area contributed by atoms with E-state index in [4.69, 9.17) is 11.6 Å². The molecule has 0 aliphatic carbocycles. The van der Waals surface area contributed by atoms with Crippen LogP contribution in [-0.4, -0.2) is 28.4 Å². The number of anilines is 1. The number of fused-ring (bicyclic) bond motifs is 1. The van der Waals surface area contributed by atoms with E-state index in [9.17, 15) is 0 Å². The summed E-state index contributed by atoms with van der Waals surface area (Å²) in [6.07, 6.45) is 3.98. The second kappa shape index (κ2) is 5.02. The van der Waals surface area contributed by atoms with Crippen LogP contribution >= 0.6 is 22.9 Å². The molecule has 1 fully saturated rings. The van der Waals surface area contributed by atoms with Crippen molar-refractivity contribution >= 4 is 39.0 Å². The van der Waals surface area contributed by atoms with E-state index in [-0.39, 0.29) is 5.38 Å². The van der Waals surface area contributed by atoms with Gasteiger partial charge in [0.05, 0.1) is 10.2 Å². The summed E-state index contributed by atoms with van der Waals surface area (Å²) in [5.41, 5.74) is 1.05. The van der Waals surface area contributed by atoms with E-state index >= 15 is 0 Å². The molecule has 0 bridgehead atoms. The zero-order chi connectivity index (χ0) is 12.5. The number of hydrogen-bond donors (Lipinski definition) is 0. The Morgan fingerprint density at radius 3 is 2.89 bits per heavy atom. The maximum atomic E-state index is 6.19. The molecule has 5 heteroatoms. The predicted molar refractivity (Wildman–Crippen MR) is 77.7 cm³/mol. The second-order valence-corrected chi connectivity index (χ2v) is 6.44. The highest BCUT2D eigenvalue weighted by Crippen LogP contribution is 2.32. The Hall–Kier alpha value is -0.870. The van der Waals surface area contributed by atoms with Gasteiger partial charge in [-0.2, -0.15) is 0 Å². The van der Waals surface area contributed by atoms with E-state index in [1.54, 1.807) is 17.7 Å². The summed E-state index contributed by atoms with van der Waals surface area (Å²) in [6.45, 7) is 4.20. The topological polar surface area (TPSA) is 29.0 Å². The zero-order valence-corrected chi connectivity index (χ0v) is 11.9. The maximum absolute atomic E-state index is 6.19. The highest BCUT2D eigenvalue weighted by Gasteiger charge is 2.24. The van der Waals surface area contributed by atoms with Gasteiger partial charge >= 0.3 is 0 Å². The third kappa shape index (κ3) is 2.19. The minimum absolute atomic E-state index is 0.277. The Balaban J connectivity index is 1.82. The number of alkyl halides is 1. The van der Waals surface area contributed by atoms with Crippen LogP contribution in [-0.2, 0) is 0 Å². The molecule has 1 saturated heterocycles. The van der Waals surface area contributed by atoms with Crippen LogP contribution in [0.15, 0.2) is 17.8 Å². The normalized spacial score (nSPS) is 19.3. The van der Waals surface area contributed by atoms with E-state index < -0.39 is 0 Å². The van der Waals surface area contributed by atoms with Gasteiger partial charge in [0.15, 0.2) is 0 Å². The monoisotopic (exact) mass is 281 g/mol. The van der Waals surface area contributed by atoms with Gasteiger partial charge in [0.1, 0.15) is 12.1 Å². The van der Waals surface area contributed by atoms with E-state index in [1.165, 1.54) is 4.70 Å². The molecule has 0 amide bonds. The number of aromatic nitrogens is 2. The molecule has 18 heavy (non-hydrogen) atoms. The quantitative estimate of drug-likeness (QED) is 0.789. The van der Waals surface area contributed by atoms with Gasteiger partial charge in [0.2, 0.25) is 0 Å². The van der Waals surface area contributed by atoms with Crippen LogP contribution in [0.25, 0.3) is 10.2 Å². The Kier molecular flexibility index (Phi) is 3.39. The molecule has 0 N–H and O–H groups in total. The smallest absolute Gasteiger partial charge is 0.150 e. The molecule has 2 aromatic heterocycles. The summed E-state index contributed by atoms with van der Waals surface area (Å²) < 4.78 is 1.20. The van der Waals surface area contributed by atoms with E-state index in [2.05, 4.69) is 33.2 Å². The Morgan fingerprint density at radius 1 is 1.39 bits per heavy atom. The molecule has 1 unspecified atom stereocenters. The fraction of sp³-hybridized carbons (Fsp3) is 0.538. The molecule has 0 radical (unpaired) electrons. The molecule has 2 aromatic rings. The molecule has 3 rings (SSSR count). The summed E-state index contributed by atoms with van der Waals surface area (Å²) in [5.74, 6) is 1.74. The van der Waals surface area contributed by atoms with Gasteiger partial charge < -0.3 is 4.90 Å². The zero-order valence-electron chi connectivity index (χ0n) is 10.3. The van der Waals surface area contributed by atoms with Crippen molar-refractivity contribution in [3.05, 3.63) is 17.8 Å². The number of thiophene rings is 1. The average molecular weight is 282 g/mol. The molecule has 0 spiro atoms. The first-order chi connectivity index (χ1) is 8.75. The fourth-order valence-electron chi connectivity index (χ4n) is 2.57. The van der Waals surface area contributed by atoms with Crippen LogP contribution in [0.5, 0.6) is 0 Å². The lowest BCUT2D eigenvalue weighted by molar-refractivity contribution is 0.399. The van der Waals surface area contributed by atoms with Gasteiger partial charge in [-0.1, -0.05) is 0 Å². The number of rotatable bonds is 2. The van der Waals surface area contributed by atoms with Crippen LogP contribution < -0.4 is 4.90 Å². The van der Waals surface area contributed by atoms with Crippen LogP contribution in [0.3, 0.4) is 0 Å².